The summed E-state index contributed by atoms with van der Waals surface area (Å²) in [4.78, 5) is 3.04. The molecule has 66 valence electrons. The first-order chi connectivity index (χ1) is 5.90. The number of rotatable bonds is 2. The molecular formula is C10H15NS. The fraction of sp³-hybridized carbons (Fsp3) is 0.600. The molecule has 1 nitrogen and oxygen atoms in total. The Morgan fingerprint density at radius 2 is 2.50 bits per heavy atom. The van der Waals surface area contributed by atoms with Crippen molar-refractivity contribution in [3.63, 3.8) is 0 Å². The molecule has 1 saturated heterocycles. The minimum absolute atomic E-state index is 0.662. The van der Waals surface area contributed by atoms with E-state index in [2.05, 4.69) is 24.4 Å². The van der Waals surface area contributed by atoms with E-state index in [1.165, 1.54) is 35.6 Å². The van der Waals surface area contributed by atoms with Gasteiger partial charge in [0.25, 0.3) is 0 Å². The minimum Gasteiger partial charge on any atom is -0.309 e. The molecule has 0 aromatic carbocycles. The highest BCUT2D eigenvalue weighted by atomic mass is 32.1. The fourth-order valence-electron chi connectivity index (χ4n) is 1.70. The van der Waals surface area contributed by atoms with Crippen LogP contribution in [-0.2, 0) is 6.42 Å². The quantitative estimate of drug-likeness (QED) is 0.739. The summed E-state index contributed by atoms with van der Waals surface area (Å²) in [6, 6.07) is 5.21. The van der Waals surface area contributed by atoms with Crippen LogP contribution in [0.15, 0.2) is 12.1 Å². The molecule has 0 aliphatic carbocycles. The number of hydrogen-bond acceptors (Lipinski definition) is 2. The van der Waals surface area contributed by atoms with Gasteiger partial charge in [-0.05, 0) is 37.9 Å². The van der Waals surface area contributed by atoms with E-state index >= 15 is 0 Å². The van der Waals surface area contributed by atoms with Crippen LogP contribution in [0, 0.1) is 0 Å². The maximum atomic E-state index is 3.52. The average molecular weight is 181 g/mol. The summed E-state index contributed by atoms with van der Waals surface area (Å²) in [7, 11) is 0. The van der Waals surface area contributed by atoms with E-state index in [1.807, 2.05) is 11.3 Å². The van der Waals surface area contributed by atoms with E-state index in [0.717, 1.165) is 0 Å². The molecule has 0 saturated carbocycles. The maximum Gasteiger partial charge on any atom is 0.0415 e. The standard InChI is InChI=1S/C10H15NS/c1-2-8-5-6-10(12-8)9-4-3-7-11-9/h5-6,9,11H,2-4,7H2,1H3. The molecule has 1 aliphatic rings. The van der Waals surface area contributed by atoms with Gasteiger partial charge in [0, 0.05) is 15.8 Å². The van der Waals surface area contributed by atoms with Crippen molar-refractivity contribution in [2.45, 2.75) is 32.2 Å². The highest BCUT2D eigenvalue weighted by Crippen LogP contribution is 2.29. The highest BCUT2D eigenvalue weighted by molar-refractivity contribution is 7.12. The summed E-state index contributed by atoms with van der Waals surface area (Å²) < 4.78 is 0. The van der Waals surface area contributed by atoms with Gasteiger partial charge >= 0.3 is 0 Å². The molecule has 2 heterocycles. The van der Waals surface area contributed by atoms with Crippen molar-refractivity contribution in [3.05, 3.63) is 21.9 Å². The first kappa shape index (κ1) is 8.27. The Bertz CT molecular complexity index is 248. The number of aryl methyl sites for hydroxylation is 1. The van der Waals surface area contributed by atoms with E-state index in [9.17, 15) is 0 Å². The average Bonchev–Trinajstić information content (AvgIpc) is 2.75. The first-order valence-electron chi connectivity index (χ1n) is 4.72. The Labute approximate surface area is 77.8 Å². The zero-order valence-corrected chi connectivity index (χ0v) is 8.29. The van der Waals surface area contributed by atoms with Crippen molar-refractivity contribution in [1.82, 2.24) is 5.32 Å². The largest absolute Gasteiger partial charge is 0.309 e. The molecule has 1 fully saturated rings. The summed E-state index contributed by atoms with van der Waals surface area (Å²) in [5.41, 5.74) is 0. The van der Waals surface area contributed by atoms with Crippen molar-refractivity contribution in [3.8, 4) is 0 Å². The van der Waals surface area contributed by atoms with E-state index in [1.54, 1.807) is 0 Å². The lowest BCUT2D eigenvalue weighted by atomic mass is 10.2. The summed E-state index contributed by atoms with van der Waals surface area (Å²) in [6.45, 7) is 3.42. The molecule has 2 heteroatoms. The van der Waals surface area contributed by atoms with Crippen molar-refractivity contribution >= 4 is 11.3 Å². The Balaban J connectivity index is 2.11. The van der Waals surface area contributed by atoms with Gasteiger partial charge in [-0.15, -0.1) is 11.3 Å². The summed E-state index contributed by atoms with van der Waals surface area (Å²) in [5, 5.41) is 3.52. The van der Waals surface area contributed by atoms with Gasteiger partial charge in [0.2, 0.25) is 0 Å². The van der Waals surface area contributed by atoms with Crippen molar-refractivity contribution in [2.75, 3.05) is 6.54 Å². The second kappa shape index (κ2) is 3.58. The fourth-order valence-corrected chi connectivity index (χ4v) is 2.76. The molecule has 1 atom stereocenters. The normalized spacial score (nSPS) is 23.2. The Morgan fingerprint density at radius 1 is 1.58 bits per heavy atom. The maximum absolute atomic E-state index is 3.52. The molecule has 0 amide bonds. The highest BCUT2D eigenvalue weighted by Gasteiger charge is 2.17. The molecular weight excluding hydrogens is 166 g/mol. The second-order valence-corrected chi connectivity index (χ2v) is 4.51. The van der Waals surface area contributed by atoms with Crippen LogP contribution in [0.2, 0.25) is 0 Å². The van der Waals surface area contributed by atoms with E-state index in [0.29, 0.717) is 6.04 Å². The van der Waals surface area contributed by atoms with Crippen molar-refractivity contribution in [1.29, 1.82) is 0 Å². The van der Waals surface area contributed by atoms with Gasteiger partial charge in [-0.3, -0.25) is 0 Å². The van der Waals surface area contributed by atoms with Crippen molar-refractivity contribution < 1.29 is 0 Å². The van der Waals surface area contributed by atoms with Gasteiger partial charge in [-0.1, -0.05) is 6.92 Å². The molecule has 1 aliphatic heterocycles. The zero-order valence-electron chi connectivity index (χ0n) is 7.47. The second-order valence-electron chi connectivity index (χ2n) is 3.31. The number of hydrogen-bond donors (Lipinski definition) is 1. The van der Waals surface area contributed by atoms with Gasteiger partial charge in [-0.25, -0.2) is 0 Å². The van der Waals surface area contributed by atoms with Crippen LogP contribution in [0.4, 0.5) is 0 Å². The summed E-state index contributed by atoms with van der Waals surface area (Å²) in [5.74, 6) is 0. The lowest BCUT2D eigenvalue weighted by Gasteiger charge is -2.05. The molecule has 12 heavy (non-hydrogen) atoms. The third kappa shape index (κ3) is 1.54. The van der Waals surface area contributed by atoms with Crippen LogP contribution in [0.25, 0.3) is 0 Å². The zero-order chi connectivity index (χ0) is 8.39. The van der Waals surface area contributed by atoms with E-state index in [-0.39, 0.29) is 0 Å². The molecule has 1 unspecified atom stereocenters. The van der Waals surface area contributed by atoms with Gasteiger partial charge in [0.1, 0.15) is 0 Å². The number of thiophene rings is 1. The third-order valence-corrected chi connectivity index (χ3v) is 3.78. The summed E-state index contributed by atoms with van der Waals surface area (Å²) >= 11 is 1.97. The van der Waals surface area contributed by atoms with Crippen LogP contribution in [0.1, 0.15) is 35.6 Å². The van der Waals surface area contributed by atoms with E-state index < -0.39 is 0 Å². The van der Waals surface area contributed by atoms with Gasteiger partial charge in [0.15, 0.2) is 0 Å². The monoisotopic (exact) mass is 181 g/mol. The minimum atomic E-state index is 0.662. The third-order valence-electron chi connectivity index (χ3n) is 2.43. The Kier molecular flexibility index (Phi) is 2.47. The smallest absolute Gasteiger partial charge is 0.0415 e. The Morgan fingerprint density at radius 3 is 3.08 bits per heavy atom. The molecule has 1 aromatic heterocycles. The van der Waals surface area contributed by atoms with Crippen LogP contribution < -0.4 is 5.32 Å². The lowest BCUT2D eigenvalue weighted by molar-refractivity contribution is 0.660. The molecule has 0 spiro atoms. The van der Waals surface area contributed by atoms with Crippen LogP contribution in [-0.4, -0.2) is 6.54 Å². The predicted molar refractivity (Wildman–Crippen MR) is 53.7 cm³/mol. The van der Waals surface area contributed by atoms with E-state index in [4.69, 9.17) is 0 Å². The SMILES string of the molecule is CCc1ccc(C2CCCN2)s1. The molecule has 0 bridgehead atoms. The first-order valence-corrected chi connectivity index (χ1v) is 5.54. The summed E-state index contributed by atoms with van der Waals surface area (Å²) in [6.07, 6.45) is 3.84. The van der Waals surface area contributed by atoms with Gasteiger partial charge in [-0.2, -0.15) is 0 Å². The van der Waals surface area contributed by atoms with Crippen LogP contribution in [0.5, 0.6) is 0 Å². The molecule has 0 radical (unpaired) electrons. The molecule has 1 N–H and O–H groups in total. The van der Waals surface area contributed by atoms with Gasteiger partial charge in [0.05, 0.1) is 0 Å². The lowest BCUT2D eigenvalue weighted by Crippen LogP contribution is -2.11. The topological polar surface area (TPSA) is 12.0 Å². The molecule has 2 rings (SSSR count). The van der Waals surface area contributed by atoms with Crippen LogP contribution >= 0.6 is 11.3 Å². The van der Waals surface area contributed by atoms with Crippen molar-refractivity contribution in [2.24, 2.45) is 0 Å². The predicted octanol–water partition coefficient (Wildman–Crippen LogP) is 2.74. The molecule has 1 aromatic rings. The van der Waals surface area contributed by atoms with Gasteiger partial charge < -0.3 is 5.32 Å². The Hall–Kier alpha value is -0.340. The van der Waals surface area contributed by atoms with Crippen LogP contribution in [0.3, 0.4) is 0 Å². The number of nitrogens with one attached hydrogen (secondary N) is 1.